The molecule has 0 unspecified atom stereocenters. The predicted molar refractivity (Wildman–Crippen MR) is 180 cm³/mol. The summed E-state index contributed by atoms with van der Waals surface area (Å²) in [7, 11) is 0. The fraction of sp³-hybridized carbons (Fsp3) is 0.0732. The van der Waals surface area contributed by atoms with Crippen molar-refractivity contribution in [3.63, 3.8) is 0 Å². The van der Waals surface area contributed by atoms with Gasteiger partial charge in [0.05, 0.1) is 0 Å². The number of nitrogens with one attached hydrogen (secondary N) is 1. The maximum absolute atomic E-state index is 3.67. The van der Waals surface area contributed by atoms with Gasteiger partial charge in [0.15, 0.2) is 0 Å². The molecular formula is C41H31N. The molecule has 8 rings (SSSR count). The first-order chi connectivity index (χ1) is 20.5. The Balaban J connectivity index is 1.15. The van der Waals surface area contributed by atoms with Gasteiger partial charge in [-0.2, -0.15) is 0 Å². The van der Waals surface area contributed by atoms with E-state index in [4.69, 9.17) is 0 Å². The molecule has 0 radical (unpaired) electrons. The molecule has 0 fully saturated rings. The van der Waals surface area contributed by atoms with Crippen molar-refractivity contribution in [2.24, 2.45) is 0 Å². The number of hydrogen-bond donors (Lipinski definition) is 1. The van der Waals surface area contributed by atoms with Gasteiger partial charge in [0.1, 0.15) is 0 Å². The third-order valence-corrected chi connectivity index (χ3v) is 9.01. The smallest absolute Gasteiger partial charge is 0.0387 e. The van der Waals surface area contributed by atoms with Gasteiger partial charge in [-0.15, -0.1) is 0 Å². The van der Waals surface area contributed by atoms with Crippen molar-refractivity contribution < 1.29 is 0 Å². The lowest BCUT2D eigenvalue weighted by molar-refractivity contribution is 0.660. The summed E-state index contributed by atoms with van der Waals surface area (Å²) in [6.45, 7) is 4.65. The molecule has 42 heavy (non-hydrogen) atoms. The zero-order chi connectivity index (χ0) is 28.3. The second kappa shape index (κ2) is 9.46. The highest BCUT2D eigenvalue weighted by Gasteiger charge is 2.35. The van der Waals surface area contributed by atoms with Crippen LogP contribution in [0.15, 0.2) is 146 Å². The lowest BCUT2D eigenvalue weighted by atomic mass is 9.82. The van der Waals surface area contributed by atoms with E-state index >= 15 is 0 Å². The summed E-state index contributed by atoms with van der Waals surface area (Å²) in [5.41, 5.74) is 12.6. The van der Waals surface area contributed by atoms with E-state index in [-0.39, 0.29) is 5.41 Å². The predicted octanol–water partition coefficient (Wildman–Crippen LogP) is 11.4. The number of hydrogen-bond acceptors (Lipinski definition) is 1. The average Bonchev–Trinajstić information content (AvgIpc) is 3.26. The number of benzene rings is 7. The van der Waals surface area contributed by atoms with Crippen molar-refractivity contribution >= 4 is 32.9 Å². The molecule has 1 aliphatic rings. The van der Waals surface area contributed by atoms with Crippen molar-refractivity contribution in [2.45, 2.75) is 19.3 Å². The van der Waals surface area contributed by atoms with E-state index < -0.39 is 0 Å². The SMILES string of the molecule is CC1(C)c2ccccc2-c2ccc(Nc3ccc(-c4cc5ccccc5cc4-c4ccc5ccccc5c4)cc3)cc21. The summed E-state index contributed by atoms with van der Waals surface area (Å²) in [5.74, 6) is 0. The van der Waals surface area contributed by atoms with Gasteiger partial charge in [0.2, 0.25) is 0 Å². The van der Waals surface area contributed by atoms with Gasteiger partial charge < -0.3 is 5.32 Å². The molecule has 0 bridgehead atoms. The zero-order valence-electron chi connectivity index (χ0n) is 23.9. The highest BCUT2D eigenvalue weighted by atomic mass is 14.9. The highest BCUT2D eigenvalue weighted by Crippen LogP contribution is 2.49. The molecule has 0 saturated heterocycles. The van der Waals surface area contributed by atoms with Crippen LogP contribution >= 0.6 is 0 Å². The molecule has 1 N–H and O–H groups in total. The van der Waals surface area contributed by atoms with Gasteiger partial charge in [-0.05, 0) is 109 Å². The Labute approximate surface area is 247 Å². The van der Waals surface area contributed by atoms with E-state index in [9.17, 15) is 0 Å². The van der Waals surface area contributed by atoms with Crippen molar-refractivity contribution in [3.05, 3.63) is 157 Å². The summed E-state index contributed by atoms with van der Waals surface area (Å²) in [5, 5.41) is 8.70. The second-order valence-electron chi connectivity index (χ2n) is 11.9. The minimum Gasteiger partial charge on any atom is -0.356 e. The minimum absolute atomic E-state index is 0.0112. The molecule has 0 heterocycles. The maximum atomic E-state index is 3.67. The van der Waals surface area contributed by atoms with E-state index in [1.54, 1.807) is 0 Å². The quantitative estimate of drug-likeness (QED) is 0.235. The fourth-order valence-electron chi connectivity index (χ4n) is 6.76. The Morgan fingerprint density at radius 3 is 1.67 bits per heavy atom. The Morgan fingerprint density at radius 1 is 0.381 bits per heavy atom. The first kappa shape index (κ1) is 24.6. The molecule has 1 aliphatic carbocycles. The largest absolute Gasteiger partial charge is 0.356 e. The summed E-state index contributed by atoms with van der Waals surface area (Å²) in [6.07, 6.45) is 0. The molecule has 1 nitrogen and oxygen atoms in total. The minimum atomic E-state index is -0.0112. The number of anilines is 2. The molecule has 200 valence electrons. The van der Waals surface area contributed by atoms with Gasteiger partial charge >= 0.3 is 0 Å². The molecule has 0 spiro atoms. The van der Waals surface area contributed by atoms with Crippen molar-refractivity contribution in [2.75, 3.05) is 5.32 Å². The lowest BCUT2D eigenvalue weighted by Gasteiger charge is -2.22. The highest BCUT2D eigenvalue weighted by molar-refractivity contribution is 5.98. The maximum Gasteiger partial charge on any atom is 0.0387 e. The molecule has 7 aromatic carbocycles. The van der Waals surface area contributed by atoms with E-state index in [0.717, 1.165) is 11.4 Å². The summed E-state index contributed by atoms with van der Waals surface area (Å²) < 4.78 is 0. The molecule has 0 amide bonds. The third kappa shape index (κ3) is 4.01. The summed E-state index contributed by atoms with van der Waals surface area (Å²) in [6, 6.07) is 53.1. The Morgan fingerprint density at radius 2 is 0.929 bits per heavy atom. The average molecular weight is 538 g/mol. The van der Waals surface area contributed by atoms with Gasteiger partial charge in [-0.3, -0.25) is 0 Å². The van der Waals surface area contributed by atoms with Crippen LogP contribution in [0.25, 0.3) is 54.9 Å². The number of rotatable bonds is 4. The molecule has 0 aliphatic heterocycles. The van der Waals surface area contributed by atoms with Crippen LogP contribution in [-0.2, 0) is 5.41 Å². The molecule has 0 saturated carbocycles. The van der Waals surface area contributed by atoms with Gasteiger partial charge in [0.25, 0.3) is 0 Å². The zero-order valence-corrected chi connectivity index (χ0v) is 23.9. The normalized spacial score (nSPS) is 13.2. The fourth-order valence-corrected chi connectivity index (χ4v) is 6.76. The van der Waals surface area contributed by atoms with E-state index in [0.29, 0.717) is 0 Å². The Hall–Kier alpha value is -5.14. The summed E-state index contributed by atoms with van der Waals surface area (Å²) >= 11 is 0. The Bertz CT molecular complexity index is 2130. The van der Waals surface area contributed by atoms with Crippen molar-refractivity contribution in [1.29, 1.82) is 0 Å². The second-order valence-corrected chi connectivity index (χ2v) is 11.9. The van der Waals surface area contributed by atoms with Crippen LogP contribution in [0, 0.1) is 0 Å². The lowest BCUT2D eigenvalue weighted by Crippen LogP contribution is -2.15. The first-order valence-electron chi connectivity index (χ1n) is 14.7. The monoisotopic (exact) mass is 537 g/mol. The van der Waals surface area contributed by atoms with Crippen LogP contribution in [-0.4, -0.2) is 0 Å². The van der Waals surface area contributed by atoms with Crippen LogP contribution in [0.4, 0.5) is 11.4 Å². The van der Waals surface area contributed by atoms with E-state index in [1.165, 1.54) is 66.1 Å². The molecule has 7 aromatic rings. The van der Waals surface area contributed by atoms with Gasteiger partial charge in [-0.1, -0.05) is 117 Å². The molecule has 0 atom stereocenters. The van der Waals surface area contributed by atoms with Crippen molar-refractivity contribution in [3.8, 4) is 33.4 Å². The van der Waals surface area contributed by atoms with Crippen LogP contribution in [0.1, 0.15) is 25.0 Å². The standard InChI is InChI=1S/C41H31N/c1-41(2)39-14-8-7-13-35(39)36-22-21-34(26-40(36)41)42-33-19-17-28(18-20-33)37-24-30-11-5-6-12-31(30)25-38(37)32-16-15-27-9-3-4-10-29(27)23-32/h3-26,42H,1-2H3. The van der Waals surface area contributed by atoms with Crippen LogP contribution < -0.4 is 5.32 Å². The van der Waals surface area contributed by atoms with Crippen LogP contribution in [0.2, 0.25) is 0 Å². The molecule has 1 heteroatoms. The topological polar surface area (TPSA) is 12.0 Å². The molecular weight excluding hydrogens is 506 g/mol. The Kier molecular flexibility index (Phi) is 5.55. The van der Waals surface area contributed by atoms with Crippen LogP contribution in [0.3, 0.4) is 0 Å². The van der Waals surface area contributed by atoms with Gasteiger partial charge in [0, 0.05) is 16.8 Å². The third-order valence-electron chi connectivity index (χ3n) is 9.01. The molecule has 0 aromatic heterocycles. The van der Waals surface area contributed by atoms with E-state index in [1.807, 2.05) is 0 Å². The number of fused-ring (bicyclic) bond motifs is 5. The van der Waals surface area contributed by atoms with Crippen molar-refractivity contribution in [1.82, 2.24) is 0 Å². The summed E-state index contributed by atoms with van der Waals surface area (Å²) in [4.78, 5) is 0. The van der Waals surface area contributed by atoms with Gasteiger partial charge in [-0.25, -0.2) is 0 Å². The van der Waals surface area contributed by atoms with Crippen LogP contribution in [0.5, 0.6) is 0 Å². The first-order valence-corrected chi connectivity index (χ1v) is 14.7. The van der Waals surface area contributed by atoms with E-state index in [2.05, 4.69) is 165 Å².